The zero-order valence-corrected chi connectivity index (χ0v) is 8.08. The van der Waals surface area contributed by atoms with Crippen LogP contribution in [-0.4, -0.2) is 37.3 Å². The summed E-state index contributed by atoms with van der Waals surface area (Å²) in [5.74, 6) is 0. The fourth-order valence-corrected chi connectivity index (χ4v) is 1.95. The van der Waals surface area contributed by atoms with E-state index in [9.17, 15) is 5.11 Å². The highest BCUT2D eigenvalue weighted by atomic mass is 16.3. The molecule has 1 atom stereocenters. The van der Waals surface area contributed by atoms with E-state index in [0.29, 0.717) is 6.61 Å². The van der Waals surface area contributed by atoms with Gasteiger partial charge in [-0.15, -0.1) is 0 Å². The number of aliphatic hydroxyl groups excluding tert-OH is 1. The minimum absolute atomic E-state index is 0.137. The lowest BCUT2D eigenvalue weighted by Crippen LogP contribution is -2.37. The molecule has 0 fully saturated rings. The molecule has 0 heterocycles. The molecule has 12 heavy (non-hydrogen) atoms. The topological polar surface area (TPSA) is 23.5 Å². The molecule has 0 radical (unpaired) electrons. The zero-order chi connectivity index (χ0) is 9.03. The third-order valence-corrected chi connectivity index (χ3v) is 2.55. The van der Waals surface area contributed by atoms with Gasteiger partial charge in [-0.1, -0.05) is 12.2 Å². The van der Waals surface area contributed by atoms with Gasteiger partial charge in [0.05, 0.1) is 6.61 Å². The summed E-state index contributed by atoms with van der Waals surface area (Å²) in [5, 5.41) is 9.33. The van der Waals surface area contributed by atoms with Crippen LogP contribution in [0, 0.1) is 5.41 Å². The van der Waals surface area contributed by atoms with Gasteiger partial charge in [-0.2, -0.15) is 0 Å². The molecule has 70 valence electrons. The quantitative estimate of drug-likeness (QED) is 0.643. The van der Waals surface area contributed by atoms with Crippen LogP contribution in [0.3, 0.4) is 0 Å². The van der Waals surface area contributed by atoms with Crippen LogP contribution >= 0.6 is 0 Å². The van der Waals surface area contributed by atoms with Crippen molar-refractivity contribution in [3.8, 4) is 0 Å². The molecule has 0 aromatic carbocycles. The monoisotopic (exact) mass is 169 g/mol. The van der Waals surface area contributed by atoms with Gasteiger partial charge >= 0.3 is 0 Å². The Hall–Kier alpha value is -0.340. The first-order valence-electron chi connectivity index (χ1n) is 4.59. The van der Waals surface area contributed by atoms with Crippen molar-refractivity contribution in [2.45, 2.75) is 19.3 Å². The van der Waals surface area contributed by atoms with E-state index in [1.54, 1.807) is 0 Å². The molecule has 0 amide bonds. The molecular formula is C10H19NO. The lowest BCUT2D eigenvalue weighted by molar-refractivity contribution is 0.0827. The summed E-state index contributed by atoms with van der Waals surface area (Å²) in [6, 6.07) is 0. The van der Waals surface area contributed by atoms with Crippen molar-refractivity contribution < 1.29 is 5.11 Å². The van der Waals surface area contributed by atoms with E-state index in [4.69, 9.17) is 0 Å². The van der Waals surface area contributed by atoms with Crippen LogP contribution in [-0.2, 0) is 0 Å². The largest absolute Gasteiger partial charge is 0.396 e. The smallest absolute Gasteiger partial charge is 0.0502 e. The number of hydrogen-bond acceptors (Lipinski definition) is 2. The van der Waals surface area contributed by atoms with E-state index in [2.05, 4.69) is 31.1 Å². The highest BCUT2D eigenvalue weighted by molar-refractivity contribution is 4.98. The summed E-state index contributed by atoms with van der Waals surface area (Å²) in [6.07, 6.45) is 7.68. The van der Waals surface area contributed by atoms with Gasteiger partial charge < -0.3 is 10.0 Å². The summed E-state index contributed by atoms with van der Waals surface area (Å²) in [5.41, 5.74) is 0.137. The zero-order valence-electron chi connectivity index (χ0n) is 8.08. The van der Waals surface area contributed by atoms with E-state index < -0.39 is 0 Å². The normalized spacial score (nSPS) is 29.7. The molecule has 1 N–H and O–H groups in total. The Kier molecular flexibility index (Phi) is 3.29. The van der Waals surface area contributed by atoms with Crippen LogP contribution < -0.4 is 0 Å². The van der Waals surface area contributed by atoms with Crippen LogP contribution in [0.4, 0.5) is 0 Å². The van der Waals surface area contributed by atoms with Gasteiger partial charge in [-0.3, -0.25) is 0 Å². The molecule has 0 aromatic heterocycles. The number of allylic oxidation sites excluding steroid dienone is 2. The first kappa shape index (κ1) is 9.75. The molecule has 0 bridgehead atoms. The van der Waals surface area contributed by atoms with Gasteiger partial charge in [0.25, 0.3) is 0 Å². The standard InChI is InChI=1S/C10H19NO/c1-11(2)8-10(9-12)6-4-3-5-7-10/h3-4,12H,5-9H2,1-2H3/t10-/m1/s1. The molecular weight excluding hydrogens is 150 g/mol. The van der Waals surface area contributed by atoms with Crippen molar-refractivity contribution >= 4 is 0 Å². The van der Waals surface area contributed by atoms with Crippen LogP contribution in [0.25, 0.3) is 0 Å². The molecule has 1 aliphatic rings. The minimum Gasteiger partial charge on any atom is -0.396 e. The fourth-order valence-electron chi connectivity index (χ4n) is 1.95. The first-order chi connectivity index (χ1) is 5.68. The average Bonchev–Trinajstić information content (AvgIpc) is 2.05. The number of rotatable bonds is 3. The van der Waals surface area contributed by atoms with Crippen LogP contribution in [0.2, 0.25) is 0 Å². The average molecular weight is 169 g/mol. The number of aliphatic hydroxyl groups is 1. The molecule has 0 saturated carbocycles. The third-order valence-electron chi connectivity index (χ3n) is 2.55. The minimum atomic E-state index is 0.137. The van der Waals surface area contributed by atoms with Gasteiger partial charge in [0.1, 0.15) is 0 Å². The Morgan fingerprint density at radius 2 is 2.17 bits per heavy atom. The number of hydrogen-bond donors (Lipinski definition) is 1. The molecule has 0 unspecified atom stereocenters. The SMILES string of the molecule is CN(C)C[C@@]1(CO)CC=CCC1. The Labute approximate surface area is 74.9 Å². The summed E-state index contributed by atoms with van der Waals surface area (Å²) in [7, 11) is 4.13. The van der Waals surface area contributed by atoms with Gasteiger partial charge in [0.2, 0.25) is 0 Å². The predicted molar refractivity (Wildman–Crippen MR) is 51.1 cm³/mol. The van der Waals surface area contributed by atoms with E-state index >= 15 is 0 Å². The maximum absolute atomic E-state index is 9.33. The van der Waals surface area contributed by atoms with Crippen molar-refractivity contribution in [1.29, 1.82) is 0 Å². The molecule has 0 saturated heterocycles. The molecule has 1 rings (SSSR count). The molecule has 0 spiro atoms. The molecule has 2 heteroatoms. The van der Waals surface area contributed by atoms with Crippen molar-refractivity contribution in [1.82, 2.24) is 4.90 Å². The Morgan fingerprint density at radius 1 is 1.42 bits per heavy atom. The summed E-state index contributed by atoms with van der Waals surface area (Å²) in [4.78, 5) is 2.16. The van der Waals surface area contributed by atoms with Gasteiger partial charge in [-0.05, 0) is 33.4 Å². The molecule has 0 aliphatic heterocycles. The second-order valence-corrected chi connectivity index (χ2v) is 4.11. The lowest BCUT2D eigenvalue weighted by atomic mass is 9.77. The highest BCUT2D eigenvalue weighted by Crippen LogP contribution is 2.32. The molecule has 1 aliphatic carbocycles. The second-order valence-electron chi connectivity index (χ2n) is 4.11. The summed E-state index contributed by atoms with van der Waals surface area (Å²) >= 11 is 0. The van der Waals surface area contributed by atoms with E-state index in [1.165, 1.54) is 0 Å². The Morgan fingerprint density at radius 3 is 2.58 bits per heavy atom. The molecule has 0 aromatic rings. The van der Waals surface area contributed by atoms with Crippen LogP contribution in [0.15, 0.2) is 12.2 Å². The summed E-state index contributed by atoms with van der Waals surface area (Å²) in [6.45, 7) is 1.31. The molecule has 2 nitrogen and oxygen atoms in total. The van der Waals surface area contributed by atoms with Gasteiger partial charge in [-0.25, -0.2) is 0 Å². The van der Waals surface area contributed by atoms with E-state index in [-0.39, 0.29) is 5.41 Å². The van der Waals surface area contributed by atoms with E-state index in [1.807, 2.05) is 0 Å². The van der Waals surface area contributed by atoms with Gasteiger partial charge in [0.15, 0.2) is 0 Å². The van der Waals surface area contributed by atoms with Crippen molar-refractivity contribution in [2.75, 3.05) is 27.2 Å². The van der Waals surface area contributed by atoms with Crippen LogP contribution in [0.5, 0.6) is 0 Å². The highest BCUT2D eigenvalue weighted by Gasteiger charge is 2.29. The summed E-state index contributed by atoms with van der Waals surface area (Å²) < 4.78 is 0. The van der Waals surface area contributed by atoms with Gasteiger partial charge in [0, 0.05) is 12.0 Å². The Bertz CT molecular complexity index is 165. The first-order valence-corrected chi connectivity index (χ1v) is 4.59. The third kappa shape index (κ3) is 2.32. The Balaban J connectivity index is 2.55. The predicted octanol–water partition coefficient (Wildman–Crippen LogP) is 1.27. The fraction of sp³-hybridized carbons (Fsp3) is 0.800. The number of nitrogens with zero attached hydrogens (tertiary/aromatic N) is 1. The lowest BCUT2D eigenvalue weighted by Gasteiger charge is -2.35. The van der Waals surface area contributed by atoms with Crippen molar-refractivity contribution in [2.24, 2.45) is 5.41 Å². The maximum atomic E-state index is 9.33. The van der Waals surface area contributed by atoms with Crippen molar-refractivity contribution in [3.05, 3.63) is 12.2 Å². The van der Waals surface area contributed by atoms with E-state index in [0.717, 1.165) is 25.8 Å². The second kappa shape index (κ2) is 4.06. The van der Waals surface area contributed by atoms with Crippen molar-refractivity contribution in [3.63, 3.8) is 0 Å². The van der Waals surface area contributed by atoms with Crippen LogP contribution in [0.1, 0.15) is 19.3 Å². The maximum Gasteiger partial charge on any atom is 0.0502 e.